The summed E-state index contributed by atoms with van der Waals surface area (Å²) in [7, 11) is -4.73. The van der Waals surface area contributed by atoms with Gasteiger partial charge in [-0.2, -0.15) is 0 Å². The summed E-state index contributed by atoms with van der Waals surface area (Å²) < 4.78 is 32.7. The van der Waals surface area contributed by atoms with E-state index in [1.807, 2.05) is 0 Å². The number of phosphoric ester groups is 1. The van der Waals surface area contributed by atoms with Crippen molar-refractivity contribution < 1.29 is 47.5 Å². The summed E-state index contributed by atoms with van der Waals surface area (Å²) >= 11 is 0. The number of phosphoric acid groups is 1. The number of carboxylic acid groups (broad SMARTS) is 1. The smallest absolute Gasteiger partial charge is 0.472 e. The predicted octanol–water partition coefficient (Wildman–Crippen LogP) is 12.2. The summed E-state index contributed by atoms with van der Waals surface area (Å²) in [6.45, 7) is 2.75. The summed E-state index contributed by atoms with van der Waals surface area (Å²) in [5, 5.41) is 8.89. The van der Waals surface area contributed by atoms with Gasteiger partial charge in [0.25, 0.3) is 0 Å². The average molecular weight is 840 g/mol. The molecule has 1 unspecified atom stereocenters. The molecule has 0 radical (unpaired) electrons. The highest BCUT2D eigenvalue weighted by molar-refractivity contribution is 7.47. The number of carbonyl (C=O) groups is 3. The molecule has 0 aliphatic carbocycles. The van der Waals surface area contributed by atoms with Gasteiger partial charge in [0.1, 0.15) is 12.6 Å². The highest BCUT2D eigenvalue weighted by Crippen LogP contribution is 2.43. The number of carbonyl (C=O) groups excluding carboxylic acids is 2. The van der Waals surface area contributed by atoms with Crippen molar-refractivity contribution in [1.82, 2.24) is 0 Å². The van der Waals surface area contributed by atoms with Crippen LogP contribution >= 0.6 is 7.82 Å². The Kier molecular flexibility index (Phi) is 39.4. The molecule has 0 aromatic rings. The molecule has 0 rings (SSSR count). The van der Waals surface area contributed by atoms with Crippen molar-refractivity contribution in [2.24, 2.45) is 5.73 Å². The van der Waals surface area contributed by atoms with Crippen LogP contribution < -0.4 is 5.73 Å². The lowest BCUT2D eigenvalue weighted by molar-refractivity contribution is -0.161. The van der Waals surface area contributed by atoms with E-state index in [9.17, 15) is 23.8 Å². The minimum Gasteiger partial charge on any atom is -0.480 e. The van der Waals surface area contributed by atoms with E-state index in [-0.39, 0.29) is 19.4 Å². The van der Waals surface area contributed by atoms with Crippen LogP contribution in [0.4, 0.5) is 0 Å². The van der Waals surface area contributed by atoms with Gasteiger partial charge in [-0.25, -0.2) is 4.57 Å². The van der Waals surface area contributed by atoms with Gasteiger partial charge in [-0.1, -0.05) is 152 Å². The summed E-state index contributed by atoms with van der Waals surface area (Å²) in [5.41, 5.74) is 5.33. The summed E-state index contributed by atoms with van der Waals surface area (Å²) in [6.07, 6.45) is 46.0. The molecule has 0 amide bonds. The molecular weight excluding hydrogens is 757 g/mol. The molecule has 11 nitrogen and oxygen atoms in total. The number of allylic oxidation sites excluding steroid dienone is 8. The summed E-state index contributed by atoms with van der Waals surface area (Å²) in [6, 6.07) is -1.53. The lowest BCUT2D eigenvalue weighted by atomic mass is 10.1. The molecule has 0 saturated carbocycles. The zero-order chi connectivity index (χ0) is 42.8. The van der Waals surface area contributed by atoms with Crippen LogP contribution in [0.15, 0.2) is 48.6 Å². The molecule has 3 atom stereocenters. The Morgan fingerprint density at radius 3 is 1.41 bits per heavy atom. The quantitative estimate of drug-likeness (QED) is 0.0231. The van der Waals surface area contributed by atoms with Gasteiger partial charge in [0, 0.05) is 12.8 Å². The first-order chi connectivity index (χ1) is 28.1. The number of hydrogen-bond donors (Lipinski definition) is 3. The Morgan fingerprint density at radius 2 is 0.914 bits per heavy atom. The van der Waals surface area contributed by atoms with Gasteiger partial charge in [-0.3, -0.25) is 23.4 Å². The molecular formula is C46H82NO10P. The van der Waals surface area contributed by atoms with Crippen molar-refractivity contribution in [2.45, 2.75) is 206 Å². The van der Waals surface area contributed by atoms with Crippen molar-refractivity contribution in [3.05, 3.63) is 48.6 Å². The molecule has 58 heavy (non-hydrogen) atoms. The number of hydrogen-bond acceptors (Lipinski definition) is 9. The van der Waals surface area contributed by atoms with Crippen LogP contribution in [0.1, 0.15) is 194 Å². The summed E-state index contributed by atoms with van der Waals surface area (Å²) in [5.74, 6) is -2.41. The molecule has 0 aliphatic rings. The van der Waals surface area contributed by atoms with Crippen LogP contribution in [-0.4, -0.2) is 59.9 Å². The van der Waals surface area contributed by atoms with Gasteiger partial charge in [-0.15, -0.1) is 0 Å². The molecule has 0 spiro atoms. The molecule has 0 saturated heterocycles. The first kappa shape index (κ1) is 55.4. The Balaban J connectivity index is 4.39. The number of ether oxygens (including phenoxy) is 2. The zero-order valence-corrected chi connectivity index (χ0v) is 37.3. The first-order valence-electron chi connectivity index (χ1n) is 22.7. The fraction of sp³-hybridized carbons (Fsp3) is 0.761. The molecule has 4 N–H and O–H groups in total. The molecule has 0 aliphatic heterocycles. The molecule has 0 aromatic heterocycles. The lowest BCUT2D eigenvalue weighted by Gasteiger charge is -2.20. The second-order valence-corrected chi connectivity index (χ2v) is 16.6. The van der Waals surface area contributed by atoms with E-state index in [1.165, 1.54) is 83.5 Å². The average Bonchev–Trinajstić information content (AvgIpc) is 3.20. The van der Waals surface area contributed by atoms with Crippen LogP contribution in [0, 0.1) is 0 Å². The lowest BCUT2D eigenvalue weighted by Crippen LogP contribution is -2.34. The SMILES string of the molecule is CCCCC/C=C\C/C=C\C/C=C\CCCCCCC(=O)O[C@H](COC(=O)CCCCCCCCC/C=C\CCCCCCCC)COP(=O)(O)OC[C@H](N)C(=O)O. The third-order valence-electron chi connectivity index (χ3n) is 9.55. The largest absolute Gasteiger partial charge is 0.480 e. The van der Waals surface area contributed by atoms with E-state index in [0.717, 1.165) is 70.6 Å². The number of unbranched alkanes of at least 4 members (excludes halogenated alkanes) is 20. The molecule has 0 fully saturated rings. The zero-order valence-electron chi connectivity index (χ0n) is 36.4. The van der Waals surface area contributed by atoms with E-state index in [1.54, 1.807) is 0 Å². The van der Waals surface area contributed by atoms with Crippen molar-refractivity contribution in [2.75, 3.05) is 19.8 Å². The normalized spacial score (nSPS) is 14.1. The Labute approximate surface area is 352 Å². The maximum Gasteiger partial charge on any atom is 0.472 e. The van der Waals surface area contributed by atoms with Gasteiger partial charge in [0.2, 0.25) is 0 Å². The highest BCUT2D eigenvalue weighted by atomic mass is 31.2. The maximum absolute atomic E-state index is 12.6. The minimum atomic E-state index is -4.73. The van der Waals surface area contributed by atoms with E-state index < -0.39 is 51.1 Å². The molecule has 336 valence electrons. The monoisotopic (exact) mass is 840 g/mol. The molecule has 0 bridgehead atoms. The Morgan fingerprint density at radius 1 is 0.534 bits per heavy atom. The van der Waals surface area contributed by atoms with Gasteiger partial charge in [-0.05, 0) is 77.0 Å². The fourth-order valence-electron chi connectivity index (χ4n) is 5.95. The fourth-order valence-corrected chi connectivity index (χ4v) is 6.73. The van der Waals surface area contributed by atoms with Crippen LogP contribution in [0.3, 0.4) is 0 Å². The van der Waals surface area contributed by atoms with E-state index >= 15 is 0 Å². The van der Waals surface area contributed by atoms with Crippen molar-refractivity contribution in [3.8, 4) is 0 Å². The molecule has 0 heterocycles. The Hall–Kier alpha value is -2.56. The second-order valence-electron chi connectivity index (χ2n) is 15.2. The van der Waals surface area contributed by atoms with Gasteiger partial charge in [0.15, 0.2) is 6.10 Å². The molecule has 12 heteroatoms. The van der Waals surface area contributed by atoms with Crippen LogP contribution in [0.2, 0.25) is 0 Å². The van der Waals surface area contributed by atoms with Crippen molar-refractivity contribution >= 4 is 25.7 Å². The third-order valence-corrected chi connectivity index (χ3v) is 10.5. The topological polar surface area (TPSA) is 172 Å². The number of esters is 2. The second kappa shape index (κ2) is 41.2. The van der Waals surface area contributed by atoms with Gasteiger partial charge < -0.3 is 25.2 Å². The maximum atomic E-state index is 12.6. The van der Waals surface area contributed by atoms with E-state index in [4.69, 9.17) is 24.8 Å². The van der Waals surface area contributed by atoms with Crippen molar-refractivity contribution in [3.63, 3.8) is 0 Å². The highest BCUT2D eigenvalue weighted by Gasteiger charge is 2.28. The van der Waals surface area contributed by atoms with Gasteiger partial charge in [0.05, 0.1) is 13.2 Å². The van der Waals surface area contributed by atoms with Crippen molar-refractivity contribution in [1.29, 1.82) is 0 Å². The Bertz CT molecular complexity index is 1170. The molecule has 0 aromatic carbocycles. The third kappa shape index (κ3) is 40.2. The number of rotatable bonds is 42. The number of nitrogens with two attached hydrogens (primary N) is 1. The first-order valence-corrected chi connectivity index (χ1v) is 24.2. The van der Waals surface area contributed by atoms with Crippen LogP contribution in [0.25, 0.3) is 0 Å². The number of carboxylic acids is 1. The summed E-state index contributed by atoms with van der Waals surface area (Å²) in [4.78, 5) is 46.0. The van der Waals surface area contributed by atoms with Crippen LogP contribution in [0.5, 0.6) is 0 Å². The van der Waals surface area contributed by atoms with Gasteiger partial charge >= 0.3 is 25.7 Å². The predicted molar refractivity (Wildman–Crippen MR) is 235 cm³/mol. The standard InChI is InChI=1S/C46H82NO10P/c1-3-5-7-9-11-13-15-17-19-21-23-25-27-29-31-33-35-37-44(48)54-39-42(40-55-58(52,53)56-41-43(47)46(50)51)57-45(49)38-36-34-32-30-28-26-24-22-20-18-16-14-12-10-8-6-4-2/h12,14,17-20,24,26,42-43H,3-11,13,15-16,21-23,25,27-41,47H2,1-2H3,(H,50,51)(H,52,53)/b14-12-,19-17-,20-18-,26-24-/t42-,43+/m1/s1. The van der Waals surface area contributed by atoms with E-state index in [2.05, 4.69) is 67.0 Å². The van der Waals surface area contributed by atoms with E-state index in [0.29, 0.717) is 12.8 Å². The minimum absolute atomic E-state index is 0.134. The number of aliphatic carboxylic acids is 1. The van der Waals surface area contributed by atoms with Crippen LogP contribution in [-0.2, 0) is 37.5 Å².